The maximum Gasteiger partial charge on any atom is 0.326 e. The number of rotatable bonds is 6. The fraction of sp³-hybridized carbons (Fsp3) is 0.257. The highest BCUT2D eigenvalue weighted by molar-refractivity contribution is 6.31. The molecule has 1 fully saturated rings. The quantitative estimate of drug-likeness (QED) is 0.249. The summed E-state index contributed by atoms with van der Waals surface area (Å²) in [5.41, 5.74) is 6.21. The number of hydrogen-bond donors (Lipinski definition) is 1. The first-order valence-electron chi connectivity index (χ1n) is 14.5. The lowest BCUT2D eigenvalue weighted by Gasteiger charge is -2.38. The van der Waals surface area contributed by atoms with E-state index in [1.54, 1.807) is 12.1 Å². The zero-order valence-corrected chi connectivity index (χ0v) is 24.8. The van der Waals surface area contributed by atoms with E-state index in [1.807, 2.05) is 72.5 Å². The zero-order chi connectivity index (χ0) is 29.8. The van der Waals surface area contributed by atoms with E-state index in [-0.39, 0.29) is 12.1 Å². The van der Waals surface area contributed by atoms with Crippen LogP contribution in [0, 0.1) is 18.3 Å². The van der Waals surface area contributed by atoms with Gasteiger partial charge in [-0.05, 0) is 96.6 Å². The van der Waals surface area contributed by atoms with Crippen LogP contribution in [0.5, 0.6) is 11.5 Å². The Morgan fingerprint density at radius 3 is 2.47 bits per heavy atom. The number of aryl methyl sites for hydroxylation is 1. The monoisotopic (exact) mass is 592 g/mol. The summed E-state index contributed by atoms with van der Waals surface area (Å²) in [6.45, 7) is 5.64. The molecular formula is C35H33ClN4O3. The number of halogens is 1. The molecule has 0 spiro atoms. The molecule has 0 unspecified atom stereocenters. The number of urea groups is 1. The molecule has 0 atom stereocenters. The Morgan fingerprint density at radius 1 is 0.953 bits per heavy atom. The van der Waals surface area contributed by atoms with E-state index in [0.29, 0.717) is 29.5 Å². The van der Waals surface area contributed by atoms with Gasteiger partial charge in [-0.3, -0.25) is 9.80 Å². The van der Waals surface area contributed by atoms with Gasteiger partial charge in [0.2, 0.25) is 0 Å². The summed E-state index contributed by atoms with van der Waals surface area (Å²) in [6, 6.07) is 29.3. The molecule has 1 saturated heterocycles. The number of likely N-dealkylation sites (tertiary alicyclic amines) is 1. The average Bonchev–Trinajstić information content (AvgIpc) is 3.02. The molecule has 2 heterocycles. The topological polar surface area (TPSA) is 77.8 Å². The van der Waals surface area contributed by atoms with Gasteiger partial charge in [0.15, 0.2) is 11.5 Å². The molecule has 0 radical (unpaired) electrons. The minimum Gasteiger partial charge on any atom is -0.486 e. The van der Waals surface area contributed by atoms with Gasteiger partial charge in [0.05, 0.1) is 11.6 Å². The van der Waals surface area contributed by atoms with E-state index < -0.39 is 0 Å². The minimum absolute atomic E-state index is 0.0181. The Bertz CT molecular complexity index is 1640. The molecule has 7 nitrogen and oxygen atoms in total. The number of carbonyl (C=O) groups is 1. The first kappa shape index (κ1) is 28.6. The van der Waals surface area contributed by atoms with Crippen LogP contribution in [0.2, 0.25) is 5.02 Å². The van der Waals surface area contributed by atoms with Gasteiger partial charge < -0.3 is 14.8 Å². The summed E-state index contributed by atoms with van der Waals surface area (Å²) in [6.07, 6.45) is 1.66. The summed E-state index contributed by atoms with van der Waals surface area (Å²) < 4.78 is 11.4. The smallest absolute Gasteiger partial charge is 0.326 e. The first-order chi connectivity index (χ1) is 20.9. The average molecular weight is 593 g/mol. The number of nitrogens with one attached hydrogen (secondary N) is 1. The fourth-order valence-corrected chi connectivity index (χ4v) is 6.14. The molecule has 0 aromatic heterocycles. The zero-order valence-electron chi connectivity index (χ0n) is 24.1. The van der Waals surface area contributed by atoms with Crippen LogP contribution in [-0.2, 0) is 6.54 Å². The maximum absolute atomic E-state index is 13.9. The number of ether oxygens (including phenoxy) is 2. The van der Waals surface area contributed by atoms with Gasteiger partial charge in [-0.2, -0.15) is 5.26 Å². The summed E-state index contributed by atoms with van der Waals surface area (Å²) in [5, 5.41) is 13.0. The molecular weight excluding hydrogens is 560 g/mol. The Balaban J connectivity index is 1.20. The molecule has 43 heavy (non-hydrogen) atoms. The summed E-state index contributed by atoms with van der Waals surface area (Å²) in [7, 11) is 0. The number of benzene rings is 4. The molecule has 4 aromatic carbocycles. The number of amides is 2. The predicted molar refractivity (Wildman–Crippen MR) is 170 cm³/mol. The lowest BCUT2D eigenvalue weighted by Crippen LogP contribution is -2.49. The number of piperidine rings is 1. The van der Waals surface area contributed by atoms with Crippen LogP contribution in [0.1, 0.15) is 29.5 Å². The number of anilines is 2. The third-order valence-electron chi connectivity index (χ3n) is 7.92. The molecule has 1 N–H and O–H groups in total. The van der Waals surface area contributed by atoms with Crippen molar-refractivity contribution in [2.75, 3.05) is 36.5 Å². The Morgan fingerprint density at radius 2 is 1.72 bits per heavy atom. The Kier molecular flexibility index (Phi) is 8.50. The lowest BCUT2D eigenvalue weighted by atomic mass is 10.00. The third kappa shape index (κ3) is 6.77. The van der Waals surface area contributed by atoms with E-state index in [0.717, 1.165) is 66.4 Å². The van der Waals surface area contributed by atoms with Crippen molar-refractivity contribution in [3.63, 3.8) is 0 Å². The van der Waals surface area contributed by atoms with Crippen LogP contribution in [0.15, 0.2) is 84.9 Å². The Hall–Kier alpha value is -4.51. The summed E-state index contributed by atoms with van der Waals surface area (Å²) in [4.78, 5) is 18.2. The van der Waals surface area contributed by atoms with Crippen molar-refractivity contribution in [3.05, 3.63) is 107 Å². The lowest BCUT2D eigenvalue weighted by molar-refractivity contribution is 0.170. The molecule has 0 saturated carbocycles. The van der Waals surface area contributed by atoms with Crippen molar-refractivity contribution in [2.45, 2.75) is 32.4 Å². The van der Waals surface area contributed by atoms with Crippen LogP contribution in [-0.4, -0.2) is 43.3 Å². The predicted octanol–water partition coefficient (Wildman–Crippen LogP) is 7.66. The summed E-state index contributed by atoms with van der Waals surface area (Å²) in [5.74, 6) is 1.61. The molecule has 6 rings (SSSR count). The van der Waals surface area contributed by atoms with Gasteiger partial charge in [-0.15, -0.1) is 0 Å². The van der Waals surface area contributed by atoms with E-state index in [9.17, 15) is 10.1 Å². The van der Waals surface area contributed by atoms with Crippen molar-refractivity contribution < 1.29 is 14.3 Å². The van der Waals surface area contributed by atoms with Crippen LogP contribution >= 0.6 is 11.6 Å². The third-order valence-corrected chi connectivity index (χ3v) is 8.14. The molecule has 8 heteroatoms. The highest BCUT2D eigenvalue weighted by atomic mass is 35.5. The maximum atomic E-state index is 13.9. The van der Waals surface area contributed by atoms with Crippen molar-refractivity contribution in [3.8, 4) is 28.7 Å². The molecule has 2 aliphatic rings. The largest absolute Gasteiger partial charge is 0.486 e. The number of carbonyl (C=O) groups excluding carboxylic acids is 1. The second-order valence-electron chi connectivity index (χ2n) is 11.0. The van der Waals surface area contributed by atoms with Gasteiger partial charge in [-0.1, -0.05) is 41.9 Å². The standard InChI is InChI=1S/C35H33ClN4O3/c1-24-17-29(36)21-30(18-24)38-35(41)40(31-8-6-27(7-9-31)28-4-2-3-25(19-28)22-37)32-11-13-39(14-12-32)23-26-5-10-33-34(20-26)43-16-15-42-33/h2-10,17-21,32H,11-16,23H2,1H3,(H,38,41). The molecule has 0 bridgehead atoms. The molecule has 218 valence electrons. The van der Waals surface area contributed by atoms with Crippen LogP contribution in [0.25, 0.3) is 11.1 Å². The Labute approximate surface area is 257 Å². The van der Waals surface area contributed by atoms with Crippen LogP contribution in [0.4, 0.5) is 16.2 Å². The molecule has 4 aromatic rings. The van der Waals surface area contributed by atoms with Gasteiger partial charge in [0.25, 0.3) is 0 Å². The van der Waals surface area contributed by atoms with E-state index in [2.05, 4.69) is 28.4 Å². The number of fused-ring (bicyclic) bond motifs is 1. The second-order valence-corrected chi connectivity index (χ2v) is 11.5. The van der Waals surface area contributed by atoms with Crippen LogP contribution in [0.3, 0.4) is 0 Å². The highest BCUT2D eigenvalue weighted by Crippen LogP contribution is 2.33. The first-order valence-corrected chi connectivity index (χ1v) is 14.9. The fourth-order valence-electron chi connectivity index (χ4n) is 5.85. The van der Waals surface area contributed by atoms with Gasteiger partial charge in [-0.25, -0.2) is 4.79 Å². The van der Waals surface area contributed by atoms with E-state index in [1.165, 1.54) is 5.56 Å². The number of hydrogen-bond acceptors (Lipinski definition) is 5. The second kappa shape index (κ2) is 12.8. The molecule has 2 aliphatic heterocycles. The van der Waals surface area contributed by atoms with Gasteiger partial charge in [0.1, 0.15) is 13.2 Å². The van der Waals surface area contributed by atoms with Crippen molar-refractivity contribution in [1.29, 1.82) is 5.26 Å². The van der Waals surface area contributed by atoms with Crippen molar-refractivity contribution >= 4 is 29.0 Å². The SMILES string of the molecule is Cc1cc(Cl)cc(NC(=O)N(c2ccc(-c3cccc(C#N)c3)cc2)C2CCN(Cc3ccc4c(c3)OCCO4)CC2)c1. The molecule has 2 amide bonds. The van der Waals surface area contributed by atoms with Gasteiger partial charge >= 0.3 is 6.03 Å². The number of nitriles is 1. The number of nitrogens with zero attached hydrogens (tertiary/aromatic N) is 3. The van der Waals surface area contributed by atoms with E-state index >= 15 is 0 Å². The highest BCUT2D eigenvalue weighted by Gasteiger charge is 2.30. The normalized spacial score (nSPS) is 15.0. The summed E-state index contributed by atoms with van der Waals surface area (Å²) >= 11 is 6.29. The van der Waals surface area contributed by atoms with Crippen LogP contribution < -0.4 is 19.7 Å². The van der Waals surface area contributed by atoms with E-state index in [4.69, 9.17) is 21.1 Å². The minimum atomic E-state index is -0.189. The molecule has 0 aliphatic carbocycles. The van der Waals surface area contributed by atoms with Crippen molar-refractivity contribution in [2.24, 2.45) is 0 Å². The van der Waals surface area contributed by atoms with Crippen molar-refractivity contribution in [1.82, 2.24) is 4.90 Å². The van der Waals surface area contributed by atoms with Gasteiger partial charge in [0, 0.05) is 42.1 Å².